The first-order valence-electron chi connectivity index (χ1n) is 4.83. The van der Waals surface area contributed by atoms with E-state index in [-0.39, 0.29) is 5.97 Å². The van der Waals surface area contributed by atoms with Crippen LogP contribution in [0.25, 0.3) is 0 Å². The largest absolute Gasteiger partial charge is 0.463 e. The SMILES string of the molecule is CCOC(=O)C1=C[C@H](NC)CCC1. The molecule has 3 heteroatoms. The van der Waals surface area contributed by atoms with Crippen LogP contribution in [0.2, 0.25) is 0 Å². The maximum Gasteiger partial charge on any atom is 0.333 e. The van der Waals surface area contributed by atoms with Crippen molar-refractivity contribution in [3.8, 4) is 0 Å². The van der Waals surface area contributed by atoms with E-state index < -0.39 is 0 Å². The van der Waals surface area contributed by atoms with Gasteiger partial charge in [0.1, 0.15) is 0 Å². The van der Waals surface area contributed by atoms with E-state index in [2.05, 4.69) is 5.32 Å². The molecule has 0 spiro atoms. The molecule has 1 aliphatic rings. The Kier molecular flexibility index (Phi) is 3.96. The lowest BCUT2D eigenvalue weighted by Gasteiger charge is -2.19. The first kappa shape index (κ1) is 10.3. The van der Waals surface area contributed by atoms with E-state index in [9.17, 15) is 4.79 Å². The first-order chi connectivity index (χ1) is 6.27. The van der Waals surface area contributed by atoms with Crippen LogP contribution >= 0.6 is 0 Å². The van der Waals surface area contributed by atoms with Crippen LogP contribution in [0.15, 0.2) is 11.6 Å². The zero-order valence-electron chi connectivity index (χ0n) is 8.30. The Morgan fingerprint density at radius 2 is 2.54 bits per heavy atom. The summed E-state index contributed by atoms with van der Waals surface area (Å²) >= 11 is 0. The third-order valence-electron chi connectivity index (χ3n) is 2.27. The second kappa shape index (κ2) is 5.02. The van der Waals surface area contributed by atoms with Crippen molar-refractivity contribution in [1.82, 2.24) is 5.32 Å². The second-order valence-corrected chi connectivity index (χ2v) is 3.20. The Labute approximate surface area is 79.2 Å². The van der Waals surface area contributed by atoms with Crippen LogP contribution in [0.3, 0.4) is 0 Å². The molecule has 0 bridgehead atoms. The summed E-state index contributed by atoms with van der Waals surface area (Å²) < 4.78 is 4.94. The number of hydrogen-bond acceptors (Lipinski definition) is 3. The Hall–Kier alpha value is -0.830. The van der Waals surface area contributed by atoms with Crippen molar-refractivity contribution in [1.29, 1.82) is 0 Å². The molecule has 3 nitrogen and oxygen atoms in total. The maximum absolute atomic E-state index is 11.3. The molecule has 1 aliphatic carbocycles. The fourth-order valence-corrected chi connectivity index (χ4v) is 1.54. The van der Waals surface area contributed by atoms with Crippen molar-refractivity contribution in [2.24, 2.45) is 0 Å². The van der Waals surface area contributed by atoms with E-state index in [1.54, 1.807) is 0 Å². The highest BCUT2D eigenvalue weighted by Crippen LogP contribution is 2.18. The molecule has 0 aromatic rings. The molecule has 0 saturated carbocycles. The van der Waals surface area contributed by atoms with Crippen LogP contribution in [-0.2, 0) is 9.53 Å². The van der Waals surface area contributed by atoms with Gasteiger partial charge in [-0.3, -0.25) is 0 Å². The van der Waals surface area contributed by atoms with Gasteiger partial charge in [-0.25, -0.2) is 4.79 Å². The lowest BCUT2D eigenvalue weighted by atomic mass is 9.96. The van der Waals surface area contributed by atoms with E-state index in [4.69, 9.17) is 4.74 Å². The molecule has 1 atom stereocenters. The average Bonchev–Trinajstić information content (AvgIpc) is 2.18. The number of ether oxygens (including phenoxy) is 1. The molecule has 0 heterocycles. The number of carbonyl (C=O) groups is 1. The van der Waals surface area contributed by atoms with Gasteiger partial charge in [0.25, 0.3) is 0 Å². The third kappa shape index (κ3) is 2.84. The Balaban J connectivity index is 2.57. The van der Waals surface area contributed by atoms with Gasteiger partial charge < -0.3 is 10.1 Å². The van der Waals surface area contributed by atoms with Gasteiger partial charge in [-0.05, 0) is 33.2 Å². The minimum atomic E-state index is -0.151. The minimum absolute atomic E-state index is 0.151. The van der Waals surface area contributed by atoms with Crippen molar-refractivity contribution in [2.45, 2.75) is 32.2 Å². The molecule has 0 aromatic heterocycles. The Morgan fingerprint density at radius 1 is 1.77 bits per heavy atom. The standard InChI is InChI=1S/C10H17NO2/c1-3-13-10(12)8-5-4-6-9(7-8)11-2/h7,9,11H,3-6H2,1-2H3/t9-/m1/s1. The summed E-state index contributed by atoms with van der Waals surface area (Å²) in [5.74, 6) is -0.151. The van der Waals surface area contributed by atoms with Crippen LogP contribution in [0.4, 0.5) is 0 Å². The van der Waals surface area contributed by atoms with Crippen LogP contribution in [0.1, 0.15) is 26.2 Å². The number of likely N-dealkylation sites (N-methyl/N-ethyl adjacent to an activating group) is 1. The lowest BCUT2D eigenvalue weighted by molar-refractivity contribution is -0.138. The van der Waals surface area contributed by atoms with Crippen LogP contribution < -0.4 is 5.32 Å². The van der Waals surface area contributed by atoms with Gasteiger partial charge >= 0.3 is 5.97 Å². The van der Waals surface area contributed by atoms with Crippen LogP contribution in [0.5, 0.6) is 0 Å². The van der Waals surface area contributed by atoms with Crippen molar-refractivity contribution < 1.29 is 9.53 Å². The number of nitrogens with one attached hydrogen (secondary N) is 1. The molecule has 1 rings (SSSR count). The van der Waals surface area contributed by atoms with E-state index in [0.717, 1.165) is 24.8 Å². The lowest BCUT2D eigenvalue weighted by Crippen LogP contribution is -2.27. The molecule has 0 aromatic carbocycles. The van der Waals surface area contributed by atoms with E-state index in [1.165, 1.54) is 0 Å². The zero-order chi connectivity index (χ0) is 9.68. The molecule has 1 N–H and O–H groups in total. The number of esters is 1. The average molecular weight is 183 g/mol. The fourth-order valence-electron chi connectivity index (χ4n) is 1.54. The maximum atomic E-state index is 11.3. The van der Waals surface area contributed by atoms with E-state index in [1.807, 2.05) is 20.0 Å². The number of rotatable bonds is 3. The molecule has 0 amide bonds. The molecule has 0 unspecified atom stereocenters. The first-order valence-corrected chi connectivity index (χ1v) is 4.83. The predicted octanol–water partition coefficient (Wildman–Crippen LogP) is 1.25. The second-order valence-electron chi connectivity index (χ2n) is 3.20. The van der Waals surface area contributed by atoms with E-state index >= 15 is 0 Å². The summed E-state index contributed by atoms with van der Waals surface area (Å²) in [6.45, 7) is 2.29. The van der Waals surface area contributed by atoms with Gasteiger partial charge in [-0.1, -0.05) is 6.08 Å². The van der Waals surface area contributed by atoms with E-state index in [0.29, 0.717) is 12.6 Å². The van der Waals surface area contributed by atoms with Gasteiger partial charge in [-0.2, -0.15) is 0 Å². The van der Waals surface area contributed by atoms with Gasteiger partial charge in [-0.15, -0.1) is 0 Å². The summed E-state index contributed by atoms with van der Waals surface area (Å²) in [5.41, 5.74) is 0.826. The summed E-state index contributed by atoms with van der Waals surface area (Å²) in [5, 5.41) is 3.15. The fraction of sp³-hybridized carbons (Fsp3) is 0.700. The van der Waals surface area contributed by atoms with Crippen molar-refractivity contribution >= 4 is 5.97 Å². The molecule has 0 fully saturated rings. The van der Waals surface area contributed by atoms with Crippen LogP contribution in [0, 0.1) is 0 Å². The van der Waals surface area contributed by atoms with Gasteiger partial charge in [0.2, 0.25) is 0 Å². The van der Waals surface area contributed by atoms with Gasteiger partial charge in [0.05, 0.1) is 6.61 Å². The summed E-state index contributed by atoms with van der Waals surface area (Å²) in [6.07, 6.45) is 5.02. The molecule has 0 saturated heterocycles. The highest BCUT2D eigenvalue weighted by Gasteiger charge is 2.17. The van der Waals surface area contributed by atoms with Crippen molar-refractivity contribution in [3.63, 3.8) is 0 Å². The molecule has 74 valence electrons. The number of carbonyl (C=O) groups excluding carboxylic acids is 1. The quantitative estimate of drug-likeness (QED) is 0.669. The summed E-state index contributed by atoms with van der Waals surface area (Å²) in [6, 6.07) is 0.341. The molecule has 0 radical (unpaired) electrons. The van der Waals surface area contributed by atoms with Crippen molar-refractivity contribution in [2.75, 3.05) is 13.7 Å². The van der Waals surface area contributed by atoms with Gasteiger partial charge in [0, 0.05) is 11.6 Å². The van der Waals surface area contributed by atoms with Crippen LogP contribution in [-0.4, -0.2) is 25.7 Å². The van der Waals surface area contributed by atoms with Gasteiger partial charge in [0.15, 0.2) is 0 Å². The minimum Gasteiger partial charge on any atom is -0.463 e. The summed E-state index contributed by atoms with van der Waals surface area (Å²) in [4.78, 5) is 11.3. The highest BCUT2D eigenvalue weighted by atomic mass is 16.5. The van der Waals surface area contributed by atoms with Crippen molar-refractivity contribution in [3.05, 3.63) is 11.6 Å². The molecule has 0 aliphatic heterocycles. The normalized spacial score (nSPS) is 22.3. The third-order valence-corrected chi connectivity index (χ3v) is 2.27. The predicted molar refractivity (Wildman–Crippen MR) is 51.4 cm³/mol. The summed E-state index contributed by atoms with van der Waals surface area (Å²) in [7, 11) is 1.91. The highest BCUT2D eigenvalue weighted by molar-refractivity contribution is 5.88. The molecular weight excluding hydrogens is 166 g/mol. The molecular formula is C10H17NO2. The Bertz CT molecular complexity index is 211. The molecule has 13 heavy (non-hydrogen) atoms. The number of hydrogen-bond donors (Lipinski definition) is 1. The topological polar surface area (TPSA) is 38.3 Å². The monoisotopic (exact) mass is 183 g/mol. The zero-order valence-corrected chi connectivity index (χ0v) is 8.30. The Morgan fingerprint density at radius 3 is 3.15 bits per heavy atom. The smallest absolute Gasteiger partial charge is 0.333 e.